The van der Waals surface area contributed by atoms with E-state index in [2.05, 4.69) is 41.7 Å². The van der Waals surface area contributed by atoms with Crippen molar-refractivity contribution in [2.75, 3.05) is 12.4 Å². The first-order valence-electron chi connectivity index (χ1n) is 8.42. The SMILES string of the molecule is COc1ccc([N+](=O)[O-])cc1CNc1ccc2c(c1)Cc1ccccc1-2. The number of rotatable bonds is 5. The third kappa shape index (κ3) is 2.88. The predicted molar refractivity (Wildman–Crippen MR) is 102 cm³/mol. The third-order valence-corrected chi connectivity index (χ3v) is 4.75. The van der Waals surface area contributed by atoms with Crippen LogP contribution in [-0.4, -0.2) is 12.0 Å². The van der Waals surface area contributed by atoms with E-state index in [0.717, 1.165) is 17.7 Å². The summed E-state index contributed by atoms with van der Waals surface area (Å²) in [4.78, 5) is 10.6. The maximum Gasteiger partial charge on any atom is 0.270 e. The highest BCUT2D eigenvalue weighted by atomic mass is 16.6. The van der Waals surface area contributed by atoms with E-state index in [9.17, 15) is 10.1 Å². The summed E-state index contributed by atoms with van der Waals surface area (Å²) in [5.41, 5.74) is 7.03. The highest BCUT2D eigenvalue weighted by Crippen LogP contribution is 2.37. The Morgan fingerprint density at radius 3 is 2.65 bits per heavy atom. The van der Waals surface area contributed by atoms with Crippen molar-refractivity contribution in [2.45, 2.75) is 13.0 Å². The molecule has 0 spiro atoms. The van der Waals surface area contributed by atoms with Crippen LogP contribution in [-0.2, 0) is 13.0 Å². The van der Waals surface area contributed by atoms with E-state index < -0.39 is 4.92 Å². The minimum Gasteiger partial charge on any atom is -0.496 e. The number of nitro benzene ring substituents is 1. The molecule has 130 valence electrons. The quantitative estimate of drug-likeness (QED) is 0.417. The van der Waals surface area contributed by atoms with Gasteiger partial charge in [-0.2, -0.15) is 0 Å². The van der Waals surface area contributed by atoms with E-state index in [-0.39, 0.29) is 5.69 Å². The molecule has 1 N–H and O–H groups in total. The molecule has 0 bridgehead atoms. The van der Waals surface area contributed by atoms with Crippen molar-refractivity contribution >= 4 is 11.4 Å². The minimum atomic E-state index is -0.393. The largest absolute Gasteiger partial charge is 0.496 e. The lowest BCUT2D eigenvalue weighted by Crippen LogP contribution is -2.03. The monoisotopic (exact) mass is 346 g/mol. The molecule has 0 fully saturated rings. The van der Waals surface area contributed by atoms with Crippen LogP contribution >= 0.6 is 0 Å². The van der Waals surface area contributed by atoms with Crippen LogP contribution in [0.25, 0.3) is 11.1 Å². The van der Waals surface area contributed by atoms with E-state index in [1.807, 2.05) is 6.07 Å². The van der Waals surface area contributed by atoms with Crippen LogP contribution in [0.1, 0.15) is 16.7 Å². The van der Waals surface area contributed by atoms with Crippen molar-refractivity contribution in [1.82, 2.24) is 0 Å². The number of anilines is 1. The predicted octanol–water partition coefficient (Wildman–Crippen LogP) is 4.79. The molecule has 5 heteroatoms. The fourth-order valence-electron chi connectivity index (χ4n) is 3.47. The lowest BCUT2D eigenvalue weighted by atomic mass is 10.1. The Labute approximate surface area is 151 Å². The average molecular weight is 346 g/mol. The van der Waals surface area contributed by atoms with Crippen molar-refractivity contribution in [1.29, 1.82) is 0 Å². The molecule has 0 heterocycles. The molecule has 0 radical (unpaired) electrons. The molecule has 0 aliphatic heterocycles. The summed E-state index contributed by atoms with van der Waals surface area (Å²) in [6, 6.07) is 19.4. The summed E-state index contributed by atoms with van der Waals surface area (Å²) in [6.07, 6.45) is 0.932. The van der Waals surface area contributed by atoms with E-state index in [1.54, 1.807) is 19.2 Å². The maximum atomic E-state index is 11.0. The Morgan fingerprint density at radius 1 is 1.04 bits per heavy atom. The standard InChI is InChI=1S/C21H18N2O3/c1-26-21-9-7-18(23(24)25)12-16(21)13-22-17-6-8-20-15(11-17)10-14-4-2-3-5-19(14)20/h2-9,11-12,22H,10,13H2,1H3. The number of nitrogens with one attached hydrogen (secondary N) is 1. The number of benzene rings is 3. The summed E-state index contributed by atoms with van der Waals surface area (Å²) < 4.78 is 5.32. The molecule has 1 aliphatic rings. The van der Waals surface area contributed by atoms with Crippen molar-refractivity contribution in [3.8, 4) is 16.9 Å². The van der Waals surface area contributed by atoms with Crippen molar-refractivity contribution in [2.24, 2.45) is 0 Å². The molecule has 0 atom stereocenters. The van der Waals surface area contributed by atoms with Gasteiger partial charge in [0.15, 0.2) is 0 Å². The molecule has 0 saturated heterocycles. The van der Waals surface area contributed by atoms with Gasteiger partial charge in [0.2, 0.25) is 0 Å². The smallest absolute Gasteiger partial charge is 0.270 e. The van der Waals surface area contributed by atoms with Crippen LogP contribution in [0.5, 0.6) is 5.75 Å². The van der Waals surface area contributed by atoms with Crippen LogP contribution in [0.15, 0.2) is 60.7 Å². The number of nitrogens with zero attached hydrogens (tertiary/aromatic N) is 1. The molecular weight excluding hydrogens is 328 g/mol. The van der Waals surface area contributed by atoms with Gasteiger partial charge in [0.1, 0.15) is 5.75 Å². The first-order valence-corrected chi connectivity index (χ1v) is 8.42. The topological polar surface area (TPSA) is 64.4 Å². The van der Waals surface area contributed by atoms with Gasteiger partial charge in [-0.1, -0.05) is 30.3 Å². The normalized spacial score (nSPS) is 11.6. The molecule has 1 aliphatic carbocycles. The van der Waals surface area contributed by atoms with Gasteiger partial charge in [-0.3, -0.25) is 10.1 Å². The van der Waals surface area contributed by atoms with Gasteiger partial charge < -0.3 is 10.1 Å². The van der Waals surface area contributed by atoms with E-state index in [0.29, 0.717) is 12.3 Å². The minimum absolute atomic E-state index is 0.0620. The second kappa shape index (κ2) is 6.52. The molecule has 3 aromatic carbocycles. The Kier molecular flexibility index (Phi) is 4.05. The second-order valence-electron chi connectivity index (χ2n) is 6.31. The third-order valence-electron chi connectivity index (χ3n) is 4.75. The highest BCUT2D eigenvalue weighted by Gasteiger charge is 2.18. The van der Waals surface area contributed by atoms with Crippen LogP contribution in [0.4, 0.5) is 11.4 Å². The van der Waals surface area contributed by atoms with Gasteiger partial charge in [0.25, 0.3) is 5.69 Å². The van der Waals surface area contributed by atoms with Crippen LogP contribution in [0.3, 0.4) is 0 Å². The average Bonchev–Trinajstić information content (AvgIpc) is 3.03. The Balaban J connectivity index is 1.56. The lowest BCUT2D eigenvalue weighted by molar-refractivity contribution is -0.384. The van der Waals surface area contributed by atoms with E-state index in [1.165, 1.54) is 28.3 Å². The summed E-state index contributed by atoms with van der Waals surface area (Å²) >= 11 is 0. The molecule has 0 unspecified atom stereocenters. The fraction of sp³-hybridized carbons (Fsp3) is 0.143. The number of ether oxygens (including phenoxy) is 1. The van der Waals surface area contributed by atoms with Crippen LogP contribution < -0.4 is 10.1 Å². The first-order chi connectivity index (χ1) is 12.7. The molecule has 0 saturated carbocycles. The van der Waals surface area contributed by atoms with E-state index >= 15 is 0 Å². The first kappa shape index (κ1) is 16.1. The molecule has 26 heavy (non-hydrogen) atoms. The van der Waals surface area contributed by atoms with Crippen molar-refractivity contribution < 1.29 is 9.66 Å². The van der Waals surface area contributed by atoms with Crippen LogP contribution in [0, 0.1) is 10.1 Å². The van der Waals surface area contributed by atoms with Gasteiger partial charge in [0, 0.05) is 29.9 Å². The summed E-state index contributed by atoms with van der Waals surface area (Å²) in [7, 11) is 1.57. The zero-order chi connectivity index (χ0) is 18.1. The van der Waals surface area contributed by atoms with Gasteiger partial charge in [0.05, 0.1) is 12.0 Å². The molecule has 5 nitrogen and oxygen atoms in total. The maximum absolute atomic E-state index is 11.0. The zero-order valence-corrected chi connectivity index (χ0v) is 14.4. The zero-order valence-electron chi connectivity index (χ0n) is 14.4. The van der Waals surface area contributed by atoms with Crippen molar-refractivity contribution in [3.05, 3.63) is 87.5 Å². The summed E-state index contributed by atoms with van der Waals surface area (Å²) in [5, 5.41) is 14.4. The lowest BCUT2D eigenvalue weighted by Gasteiger charge is -2.12. The summed E-state index contributed by atoms with van der Waals surface area (Å²) in [5.74, 6) is 0.636. The summed E-state index contributed by atoms with van der Waals surface area (Å²) in [6.45, 7) is 0.455. The molecular formula is C21H18N2O3. The number of hydrogen-bond acceptors (Lipinski definition) is 4. The number of fused-ring (bicyclic) bond motifs is 3. The molecule has 0 aromatic heterocycles. The van der Waals surface area contributed by atoms with Gasteiger partial charge >= 0.3 is 0 Å². The number of nitro groups is 1. The van der Waals surface area contributed by atoms with E-state index in [4.69, 9.17) is 4.74 Å². The molecule has 0 amide bonds. The Bertz CT molecular complexity index is 998. The number of hydrogen-bond donors (Lipinski definition) is 1. The highest BCUT2D eigenvalue weighted by molar-refractivity contribution is 5.78. The number of methoxy groups -OCH3 is 1. The van der Waals surface area contributed by atoms with Gasteiger partial charge in [-0.05, 0) is 46.9 Å². The number of non-ortho nitro benzene ring substituents is 1. The van der Waals surface area contributed by atoms with Crippen molar-refractivity contribution in [3.63, 3.8) is 0 Å². The fourth-order valence-corrected chi connectivity index (χ4v) is 3.47. The molecule has 4 rings (SSSR count). The second-order valence-corrected chi connectivity index (χ2v) is 6.31. The van der Waals surface area contributed by atoms with Crippen LogP contribution in [0.2, 0.25) is 0 Å². The van der Waals surface area contributed by atoms with Gasteiger partial charge in [-0.25, -0.2) is 0 Å². The van der Waals surface area contributed by atoms with Gasteiger partial charge in [-0.15, -0.1) is 0 Å². The molecule has 3 aromatic rings. The Hall–Kier alpha value is -3.34. The Morgan fingerprint density at radius 2 is 1.85 bits per heavy atom.